The summed E-state index contributed by atoms with van der Waals surface area (Å²) >= 11 is 0. The van der Waals surface area contributed by atoms with E-state index in [9.17, 15) is 0 Å². The first kappa shape index (κ1) is 11.4. The van der Waals surface area contributed by atoms with Crippen LogP contribution in [0.3, 0.4) is 0 Å². The van der Waals surface area contributed by atoms with Crippen LogP contribution in [-0.4, -0.2) is 6.04 Å². The summed E-state index contributed by atoms with van der Waals surface area (Å²) < 4.78 is 0. The molecule has 0 aliphatic heterocycles. The van der Waals surface area contributed by atoms with E-state index in [2.05, 4.69) is 38.1 Å². The molecule has 1 aromatic carbocycles. The minimum Gasteiger partial charge on any atom is -0.324 e. The third kappa shape index (κ3) is 2.35. The molecule has 0 bridgehead atoms. The van der Waals surface area contributed by atoms with Crippen molar-refractivity contribution < 1.29 is 0 Å². The molecule has 1 unspecified atom stereocenters. The Labute approximate surface area is 98.4 Å². The fourth-order valence-electron chi connectivity index (χ4n) is 2.33. The Morgan fingerprint density at radius 2 is 2.19 bits per heavy atom. The second-order valence-corrected chi connectivity index (χ2v) is 4.85. The molecule has 2 N–H and O–H groups in total. The predicted octanol–water partition coefficient (Wildman–Crippen LogP) is 3.45. The Hall–Kier alpha value is -1.08. The van der Waals surface area contributed by atoms with Crippen molar-refractivity contribution in [2.75, 3.05) is 0 Å². The van der Waals surface area contributed by atoms with Gasteiger partial charge in [0.15, 0.2) is 0 Å². The number of benzene rings is 1. The molecule has 16 heavy (non-hydrogen) atoms. The van der Waals surface area contributed by atoms with Gasteiger partial charge < -0.3 is 5.73 Å². The molecule has 0 amide bonds. The number of unbranched alkanes of at least 4 members (excludes halogenated alkanes) is 1. The lowest BCUT2D eigenvalue weighted by Gasteiger charge is -2.11. The summed E-state index contributed by atoms with van der Waals surface area (Å²) in [4.78, 5) is 0. The molecule has 0 heterocycles. The van der Waals surface area contributed by atoms with Gasteiger partial charge in [-0.05, 0) is 36.5 Å². The van der Waals surface area contributed by atoms with E-state index in [0.29, 0.717) is 0 Å². The van der Waals surface area contributed by atoms with Gasteiger partial charge in [-0.15, -0.1) is 0 Å². The average Bonchev–Trinajstić information content (AvgIpc) is 2.68. The third-order valence-corrected chi connectivity index (χ3v) is 3.38. The van der Waals surface area contributed by atoms with Crippen molar-refractivity contribution in [3.05, 3.63) is 40.5 Å². The highest BCUT2D eigenvalue weighted by atomic mass is 14.6. The van der Waals surface area contributed by atoms with Crippen molar-refractivity contribution in [3.8, 4) is 0 Å². The Morgan fingerprint density at radius 3 is 2.94 bits per heavy atom. The van der Waals surface area contributed by atoms with Crippen molar-refractivity contribution in [2.24, 2.45) is 5.73 Å². The molecule has 1 aliphatic rings. The summed E-state index contributed by atoms with van der Waals surface area (Å²) in [6, 6.07) is 6.94. The maximum Gasteiger partial charge on any atom is 0.0260 e. The minimum atomic E-state index is 0.257. The molecule has 0 fully saturated rings. The highest BCUT2D eigenvalue weighted by molar-refractivity contribution is 5.65. The third-order valence-electron chi connectivity index (χ3n) is 3.38. The SMILES string of the molecule is CCCCC(N)C1=Cc2cc(C)ccc2C1. The first-order chi connectivity index (χ1) is 7.70. The lowest BCUT2D eigenvalue weighted by Crippen LogP contribution is -2.22. The highest BCUT2D eigenvalue weighted by Gasteiger charge is 2.17. The zero-order chi connectivity index (χ0) is 11.5. The monoisotopic (exact) mass is 215 g/mol. The maximum absolute atomic E-state index is 6.21. The van der Waals surface area contributed by atoms with E-state index < -0.39 is 0 Å². The standard InChI is InChI=1S/C15H21N/c1-3-4-5-15(16)14-9-12-7-6-11(2)8-13(12)10-14/h6-8,10,15H,3-5,9,16H2,1-2H3. The van der Waals surface area contributed by atoms with Crippen LogP contribution in [0.15, 0.2) is 23.8 Å². The summed E-state index contributed by atoms with van der Waals surface area (Å²) in [5, 5.41) is 0. The largest absolute Gasteiger partial charge is 0.324 e. The lowest BCUT2D eigenvalue weighted by molar-refractivity contribution is 0.628. The van der Waals surface area contributed by atoms with Crippen LogP contribution in [-0.2, 0) is 6.42 Å². The molecule has 2 rings (SSSR count). The molecule has 0 aromatic heterocycles. The van der Waals surface area contributed by atoms with Gasteiger partial charge >= 0.3 is 0 Å². The van der Waals surface area contributed by atoms with Crippen LogP contribution in [0.1, 0.15) is 42.9 Å². The van der Waals surface area contributed by atoms with Gasteiger partial charge in [0, 0.05) is 6.04 Å². The molecular weight excluding hydrogens is 194 g/mol. The van der Waals surface area contributed by atoms with Gasteiger partial charge in [-0.2, -0.15) is 0 Å². The molecule has 0 saturated heterocycles. The van der Waals surface area contributed by atoms with E-state index >= 15 is 0 Å². The van der Waals surface area contributed by atoms with Gasteiger partial charge in [-0.1, -0.05) is 49.6 Å². The van der Waals surface area contributed by atoms with Gasteiger partial charge in [0.05, 0.1) is 0 Å². The zero-order valence-corrected chi connectivity index (χ0v) is 10.3. The smallest absolute Gasteiger partial charge is 0.0260 e. The van der Waals surface area contributed by atoms with Gasteiger partial charge in [-0.3, -0.25) is 0 Å². The van der Waals surface area contributed by atoms with Crippen LogP contribution in [0.5, 0.6) is 0 Å². The molecule has 0 spiro atoms. The second-order valence-electron chi connectivity index (χ2n) is 4.85. The van der Waals surface area contributed by atoms with E-state index in [4.69, 9.17) is 5.73 Å². The first-order valence-corrected chi connectivity index (χ1v) is 6.26. The van der Waals surface area contributed by atoms with E-state index in [-0.39, 0.29) is 6.04 Å². The Balaban J connectivity index is 2.09. The van der Waals surface area contributed by atoms with Gasteiger partial charge in [0.2, 0.25) is 0 Å². The summed E-state index contributed by atoms with van der Waals surface area (Å²) in [5.74, 6) is 0. The number of rotatable bonds is 4. The number of fused-ring (bicyclic) bond motifs is 1. The van der Waals surface area contributed by atoms with Crippen LogP contribution in [0.4, 0.5) is 0 Å². The van der Waals surface area contributed by atoms with Crippen molar-refractivity contribution >= 4 is 6.08 Å². The van der Waals surface area contributed by atoms with E-state index in [1.54, 1.807) is 0 Å². The number of hydrogen-bond acceptors (Lipinski definition) is 1. The molecule has 1 nitrogen and oxygen atoms in total. The second kappa shape index (κ2) is 4.84. The Bertz CT molecular complexity index is 404. The van der Waals surface area contributed by atoms with Crippen LogP contribution in [0.2, 0.25) is 0 Å². The normalized spacial score (nSPS) is 15.8. The molecular formula is C15H21N. The highest BCUT2D eigenvalue weighted by Crippen LogP contribution is 2.28. The fraction of sp³-hybridized carbons (Fsp3) is 0.467. The van der Waals surface area contributed by atoms with E-state index in [1.807, 2.05) is 0 Å². The summed E-state index contributed by atoms with van der Waals surface area (Å²) in [7, 11) is 0. The fourth-order valence-corrected chi connectivity index (χ4v) is 2.33. The summed E-state index contributed by atoms with van der Waals surface area (Å²) in [6.45, 7) is 4.36. The van der Waals surface area contributed by atoms with Crippen LogP contribution < -0.4 is 5.73 Å². The van der Waals surface area contributed by atoms with Crippen LogP contribution in [0.25, 0.3) is 6.08 Å². The molecule has 86 valence electrons. The molecule has 1 atom stereocenters. The topological polar surface area (TPSA) is 26.0 Å². The first-order valence-electron chi connectivity index (χ1n) is 6.26. The minimum absolute atomic E-state index is 0.257. The van der Waals surface area contributed by atoms with Gasteiger partial charge in [0.25, 0.3) is 0 Å². The molecule has 1 aromatic rings. The van der Waals surface area contributed by atoms with E-state index in [0.717, 1.165) is 12.8 Å². The van der Waals surface area contributed by atoms with Crippen LogP contribution in [0, 0.1) is 6.92 Å². The van der Waals surface area contributed by atoms with Crippen molar-refractivity contribution in [3.63, 3.8) is 0 Å². The maximum atomic E-state index is 6.21. The van der Waals surface area contributed by atoms with Crippen molar-refractivity contribution in [1.29, 1.82) is 0 Å². The number of hydrogen-bond donors (Lipinski definition) is 1. The lowest BCUT2D eigenvalue weighted by atomic mass is 10.0. The number of nitrogens with two attached hydrogens (primary N) is 1. The van der Waals surface area contributed by atoms with Crippen LogP contribution >= 0.6 is 0 Å². The zero-order valence-electron chi connectivity index (χ0n) is 10.3. The Kier molecular flexibility index (Phi) is 3.45. The average molecular weight is 215 g/mol. The van der Waals surface area contributed by atoms with Crippen molar-refractivity contribution in [1.82, 2.24) is 0 Å². The quantitative estimate of drug-likeness (QED) is 0.818. The molecule has 0 saturated carbocycles. The van der Waals surface area contributed by atoms with Gasteiger partial charge in [0.1, 0.15) is 0 Å². The Morgan fingerprint density at radius 1 is 1.38 bits per heavy atom. The van der Waals surface area contributed by atoms with Gasteiger partial charge in [-0.25, -0.2) is 0 Å². The molecule has 0 radical (unpaired) electrons. The molecule has 1 aliphatic carbocycles. The summed E-state index contributed by atoms with van der Waals surface area (Å²) in [5.41, 5.74) is 11.8. The van der Waals surface area contributed by atoms with Crippen molar-refractivity contribution in [2.45, 2.75) is 45.6 Å². The molecule has 1 heteroatoms. The van der Waals surface area contributed by atoms with E-state index in [1.165, 1.54) is 35.1 Å². The number of aryl methyl sites for hydroxylation is 1. The predicted molar refractivity (Wildman–Crippen MR) is 70.4 cm³/mol. The summed E-state index contributed by atoms with van der Waals surface area (Å²) in [6.07, 6.45) is 6.93.